The molecule has 0 amide bonds. The van der Waals surface area contributed by atoms with E-state index >= 15 is 0 Å². The third-order valence-corrected chi connectivity index (χ3v) is 5.34. The average molecular weight is 355 g/mol. The van der Waals surface area contributed by atoms with Crippen LogP contribution in [0.15, 0.2) is 0 Å². The van der Waals surface area contributed by atoms with E-state index in [9.17, 15) is 0 Å². The van der Waals surface area contributed by atoms with Gasteiger partial charge in [0.1, 0.15) is 0 Å². The first-order chi connectivity index (χ1) is 11.7. The Morgan fingerprint density at radius 1 is 0.720 bits per heavy atom. The summed E-state index contributed by atoms with van der Waals surface area (Å²) < 4.78 is 5.90. The number of hydrogen-bond acceptors (Lipinski definition) is 3. The second kappa shape index (κ2) is 10.9. The van der Waals surface area contributed by atoms with E-state index in [1.165, 1.54) is 57.8 Å². The Morgan fingerprint density at radius 2 is 1.16 bits per heavy atom. The van der Waals surface area contributed by atoms with E-state index in [4.69, 9.17) is 4.74 Å². The van der Waals surface area contributed by atoms with Gasteiger partial charge in [-0.25, -0.2) is 0 Å². The lowest BCUT2D eigenvalue weighted by Gasteiger charge is -2.50. The molecule has 3 nitrogen and oxygen atoms in total. The summed E-state index contributed by atoms with van der Waals surface area (Å²) in [6, 6.07) is 0. The normalized spacial score (nSPS) is 23.3. The van der Waals surface area contributed by atoms with Gasteiger partial charge in [0.05, 0.1) is 12.3 Å². The Bertz CT molecular complexity index is 320. The van der Waals surface area contributed by atoms with Crippen LogP contribution in [0.4, 0.5) is 0 Å². The van der Waals surface area contributed by atoms with Gasteiger partial charge in [-0.3, -0.25) is 5.32 Å². The highest BCUT2D eigenvalue weighted by atomic mass is 16.5. The molecule has 0 bridgehead atoms. The molecule has 3 heteroatoms. The average Bonchev–Trinajstić information content (AvgIpc) is 2.90. The minimum absolute atomic E-state index is 0.0677. The smallest absolute Gasteiger partial charge is 0.0974 e. The Labute approximate surface area is 158 Å². The van der Waals surface area contributed by atoms with Crippen molar-refractivity contribution in [2.45, 2.75) is 129 Å². The first-order valence-electron chi connectivity index (χ1n) is 10.9. The molecule has 0 aliphatic carbocycles. The third kappa shape index (κ3) is 9.40. The van der Waals surface area contributed by atoms with Crippen LogP contribution in [-0.4, -0.2) is 30.0 Å². The molecule has 0 aromatic carbocycles. The van der Waals surface area contributed by atoms with Crippen LogP contribution in [0.3, 0.4) is 0 Å². The molecular formula is C22H46N2O. The number of hydrogen-bond donors (Lipinski definition) is 2. The maximum absolute atomic E-state index is 5.90. The SMILES string of the molecule is CC1(C)CC2(CNCO2)CC(C)(C)N1.CCCCCCCCCCC. The quantitative estimate of drug-likeness (QED) is 0.542. The maximum Gasteiger partial charge on any atom is 0.0974 e. The molecule has 25 heavy (non-hydrogen) atoms. The second-order valence-corrected chi connectivity index (χ2v) is 9.62. The van der Waals surface area contributed by atoms with E-state index in [-0.39, 0.29) is 16.7 Å². The first kappa shape index (κ1) is 22.9. The predicted octanol–water partition coefficient (Wildman–Crippen LogP) is 5.78. The van der Waals surface area contributed by atoms with Crippen LogP contribution in [0, 0.1) is 0 Å². The van der Waals surface area contributed by atoms with Crippen LogP contribution >= 0.6 is 0 Å². The van der Waals surface area contributed by atoms with Crippen molar-refractivity contribution < 1.29 is 4.74 Å². The molecule has 2 rings (SSSR count). The van der Waals surface area contributed by atoms with Gasteiger partial charge in [-0.2, -0.15) is 0 Å². The lowest BCUT2D eigenvalue weighted by Crippen LogP contribution is -2.64. The molecule has 0 atom stereocenters. The van der Waals surface area contributed by atoms with Crippen molar-refractivity contribution in [2.24, 2.45) is 0 Å². The van der Waals surface area contributed by atoms with Gasteiger partial charge in [-0.05, 0) is 40.5 Å². The topological polar surface area (TPSA) is 33.3 Å². The van der Waals surface area contributed by atoms with Gasteiger partial charge in [0.15, 0.2) is 0 Å². The molecule has 2 fully saturated rings. The van der Waals surface area contributed by atoms with E-state index in [1.807, 2.05) is 0 Å². The summed E-state index contributed by atoms with van der Waals surface area (Å²) in [5.74, 6) is 0. The zero-order chi connectivity index (χ0) is 18.8. The van der Waals surface area contributed by atoms with Crippen LogP contribution in [0.2, 0.25) is 0 Å². The van der Waals surface area contributed by atoms with E-state index in [2.05, 4.69) is 52.2 Å². The summed E-state index contributed by atoms with van der Waals surface area (Å²) >= 11 is 0. The van der Waals surface area contributed by atoms with Gasteiger partial charge in [0.2, 0.25) is 0 Å². The molecule has 2 saturated heterocycles. The van der Waals surface area contributed by atoms with Crippen LogP contribution in [-0.2, 0) is 4.74 Å². The molecule has 150 valence electrons. The molecule has 0 aromatic rings. The lowest BCUT2D eigenvalue weighted by molar-refractivity contribution is -0.0664. The minimum atomic E-state index is 0.0677. The van der Waals surface area contributed by atoms with Crippen molar-refractivity contribution in [1.29, 1.82) is 0 Å². The zero-order valence-electron chi connectivity index (χ0n) is 18.1. The molecule has 1 spiro atoms. The van der Waals surface area contributed by atoms with Crippen molar-refractivity contribution in [3.05, 3.63) is 0 Å². The van der Waals surface area contributed by atoms with E-state index < -0.39 is 0 Å². The van der Waals surface area contributed by atoms with E-state index in [1.54, 1.807) is 0 Å². The molecular weight excluding hydrogens is 308 g/mol. The molecule has 2 N–H and O–H groups in total. The molecule has 2 aliphatic rings. The summed E-state index contributed by atoms with van der Waals surface area (Å²) in [7, 11) is 0. The van der Waals surface area contributed by atoms with Gasteiger partial charge >= 0.3 is 0 Å². The molecule has 0 aromatic heterocycles. The molecule has 0 radical (unpaired) electrons. The van der Waals surface area contributed by atoms with Crippen molar-refractivity contribution in [3.8, 4) is 0 Å². The van der Waals surface area contributed by atoms with E-state index in [0.29, 0.717) is 6.73 Å². The second-order valence-electron chi connectivity index (χ2n) is 9.62. The van der Waals surface area contributed by atoms with Gasteiger partial charge in [-0.1, -0.05) is 71.6 Å². The van der Waals surface area contributed by atoms with Crippen molar-refractivity contribution in [2.75, 3.05) is 13.3 Å². The van der Waals surface area contributed by atoms with Crippen LogP contribution in [0.5, 0.6) is 0 Å². The third-order valence-electron chi connectivity index (χ3n) is 5.34. The van der Waals surface area contributed by atoms with Crippen LogP contribution in [0.1, 0.15) is 112 Å². The highest BCUT2D eigenvalue weighted by Gasteiger charge is 2.49. The highest BCUT2D eigenvalue weighted by molar-refractivity contribution is 5.07. The fourth-order valence-electron chi connectivity index (χ4n) is 4.82. The monoisotopic (exact) mass is 354 g/mol. The summed E-state index contributed by atoms with van der Waals surface area (Å²) in [6.07, 6.45) is 15.1. The standard InChI is InChI=1S/C11H22N2O.C11H24/c1-9(2)5-11(7-12-8-14-11)6-10(3,4)13-9;1-3-5-7-9-11-10-8-6-4-2/h12-13H,5-8H2,1-4H3;3-11H2,1-2H3. The molecule has 2 heterocycles. The van der Waals surface area contributed by atoms with Gasteiger partial charge in [-0.15, -0.1) is 0 Å². The molecule has 0 unspecified atom stereocenters. The van der Waals surface area contributed by atoms with Crippen molar-refractivity contribution in [3.63, 3.8) is 0 Å². The summed E-state index contributed by atoms with van der Waals surface area (Å²) in [5, 5.41) is 6.98. The molecule has 2 aliphatic heterocycles. The number of ether oxygens (including phenoxy) is 1. The highest BCUT2D eigenvalue weighted by Crippen LogP contribution is 2.39. The minimum Gasteiger partial charge on any atom is -0.358 e. The van der Waals surface area contributed by atoms with Gasteiger partial charge < -0.3 is 10.1 Å². The van der Waals surface area contributed by atoms with Crippen LogP contribution in [0.25, 0.3) is 0 Å². The maximum atomic E-state index is 5.90. The Morgan fingerprint density at radius 3 is 1.52 bits per heavy atom. The number of nitrogens with one attached hydrogen (secondary N) is 2. The van der Waals surface area contributed by atoms with Crippen molar-refractivity contribution >= 4 is 0 Å². The zero-order valence-corrected chi connectivity index (χ0v) is 18.1. The Hall–Kier alpha value is -0.120. The summed E-state index contributed by atoms with van der Waals surface area (Å²) in [6.45, 7) is 15.3. The number of unbranched alkanes of at least 4 members (excludes halogenated alkanes) is 8. The fourth-order valence-corrected chi connectivity index (χ4v) is 4.82. The van der Waals surface area contributed by atoms with Gasteiger partial charge in [0, 0.05) is 17.6 Å². The fraction of sp³-hybridized carbons (Fsp3) is 1.00. The predicted molar refractivity (Wildman–Crippen MR) is 110 cm³/mol. The van der Waals surface area contributed by atoms with Crippen molar-refractivity contribution in [1.82, 2.24) is 10.6 Å². The molecule has 0 saturated carbocycles. The number of piperidine rings is 1. The first-order valence-corrected chi connectivity index (χ1v) is 10.9. The lowest BCUT2D eigenvalue weighted by atomic mass is 9.73. The Balaban J connectivity index is 0.000000260. The van der Waals surface area contributed by atoms with E-state index in [0.717, 1.165) is 19.4 Å². The largest absolute Gasteiger partial charge is 0.358 e. The Kier molecular flexibility index (Phi) is 9.98. The summed E-state index contributed by atoms with van der Waals surface area (Å²) in [5.41, 5.74) is 0.416. The summed E-state index contributed by atoms with van der Waals surface area (Å²) in [4.78, 5) is 0. The van der Waals surface area contributed by atoms with Crippen LogP contribution < -0.4 is 10.6 Å². The number of rotatable bonds is 8. The van der Waals surface area contributed by atoms with Gasteiger partial charge in [0.25, 0.3) is 0 Å².